The van der Waals surface area contributed by atoms with E-state index in [4.69, 9.17) is 10.8 Å². The molecule has 0 fully saturated rings. The Morgan fingerprint density at radius 1 is 1.60 bits per heavy atom. The Hall–Kier alpha value is -1.63. The average Bonchev–Trinajstić information content (AvgIpc) is 2.15. The highest BCUT2D eigenvalue weighted by Crippen LogP contribution is 2.24. The highest BCUT2D eigenvalue weighted by molar-refractivity contribution is 5.90. The molecule has 0 bridgehead atoms. The van der Waals surface area contributed by atoms with Crippen molar-refractivity contribution in [2.75, 3.05) is 0 Å². The minimum atomic E-state index is -3.16. The third-order valence-corrected chi connectivity index (χ3v) is 1.74. The molecule has 0 aliphatic heterocycles. The summed E-state index contributed by atoms with van der Waals surface area (Å²) in [5, 5.41) is 8.67. The van der Waals surface area contributed by atoms with Crippen molar-refractivity contribution in [3.63, 3.8) is 0 Å². The largest absolute Gasteiger partial charge is 0.478 e. The maximum absolute atomic E-state index is 12.7. The fourth-order valence-electron chi connectivity index (χ4n) is 1.15. The van der Waals surface area contributed by atoms with Crippen LogP contribution in [0, 0.1) is 5.95 Å². The van der Waals surface area contributed by atoms with Gasteiger partial charge in [0.2, 0.25) is 5.95 Å². The third-order valence-electron chi connectivity index (χ3n) is 1.74. The maximum Gasteiger partial charge on any atom is 0.338 e. The van der Waals surface area contributed by atoms with Crippen LogP contribution in [0.25, 0.3) is 0 Å². The molecule has 82 valence electrons. The number of rotatable bonds is 3. The van der Waals surface area contributed by atoms with Gasteiger partial charge in [-0.15, -0.1) is 0 Å². The van der Waals surface area contributed by atoms with E-state index in [9.17, 15) is 18.0 Å². The van der Waals surface area contributed by atoms with Crippen molar-refractivity contribution in [2.45, 2.75) is 13.0 Å². The number of carboxylic acids is 1. The van der Waals surface area contributed by atoms with E-state index < -0.39 is 29.6 Å². The van der Waals surface area contributed by atoms with E-state index in [0.29, 0.717) is 0 Å². The van der Waals surface area contributed by atoms with E-state index in [-0.39, 0.29) is 12.1 Å². The molecule has 0 aromatic carbocycles. The normalized spacial score (nSPS) is 10.7. The topological polar surface area (TPSA) is 76.2 Å². The van der Waals surface area contributed by atoms with Crippen LogP contribution in [-0.4, -0.2) is 16.1 Å². The van der Waals surface area contributed by atoms with Crippen molar-refractivity contribution in [1.82, 2.24) is 4.98 Å². The molecule has 1 heterocycles. The summed E-state index contributed by atoms with van der Waals surface area (Å²) in [6.07, 6.45) is -3.16. The summed E-state index contributed by atoms with van der Waals surface area (Å²) in [6, 6.07) is 0.731. The van der Waals surface area contributed by atoms with Crippen LogP contribution in [0.2, 0.25) is 0 Å². The van der Waals surface area contributed by atoms with E-state index >= 15 is 0 Å². The highest BCUT2D eigenvalue weighted by atomic mass is 19.3. The van der Waals surface area contributed by atoms with Gasteiger partial charge < -0.3 is 10.8 Å². The van der Waals surface area contributed by atoms with E-state index in [1.54, 1.807) is 0 Å². The molecule has 0 radical (unpaired) electrons. The Bertz CT molecular complexity index is 396. The van der Waals surface area contributed by atoms with Gasteiger partial charge in [-0.25, -0.2) is 18.6 Å². The van der Waals surface area contributed by atoms with E-state index in [2.05, 4.69) is 4.98 Å². The molecular weight excluding hydrogens is 213 g/mol. The van der Waals surface area contributed by atoms with E-state index in [1.165, 1.54) is 0 Å². The van der Waals surface area contributed by atoms with Gasteiger partial charge >= 0.3 is 5.97 Å². The monoisotopic (exact) mass is 220 g/mol. The van der Waals surface area contributed by atoms with Gasteiger partial charge in [-0.05, 0) is 11.6 Å². The van der Waals surface area contributed by atoms with Crippen LogP contribution in [0.3, 0.4) is 0 Å². The zero-order valence-electron chi connectivity index (χ0n) is 7.38. The number of aromatic carboxylic acids is 1. The summed E-state index contributed by atoms with van der Waals surface area (Å²) in [7, 11) is 0. The molecule has 0 atom stereocenters. The SMILES string of the molecule is NCc1cc(F)nc(C(F)F)c1C(=O)O. The summed E-state index contributed by atoms with van der Waals surface area (Å²) >= 11 is 0. The van der Waals surface area contributed by atoms with Gasteiger partial charge in [-0.2, -0.15) is 4.39 Å². The Labute approximate surface area is 82.5 Å². The van der Waals surface area contributed by atoms with E-state index in [0.717, 1.165) is 6.07 Å². The third kappa shape index (κ3) is 2.24. The first-order valence-corrected chi connectivity index (χ1v) is 3.88. The van der Waals surface area contributed by atoms with Crippen LogP contribution in [0.15, 0.2) is 6.07 Å². The predicted molar refractivity (Wildman–Crippen MR) is 44.0 cm³/mol. The molecule has 0 saturated carbocycles. The molecule has 1 aromatic heterocycles. The number of carboxylic acid groups (broad SMARTS) is 1. The summed E-state index contributed by atoms with van der Waals surface area (Å²) in [5.41, 5.74) is 3.10. The summed E-state index contributed by atoms with van der Waals surface area (Å²) in [6.45, 7) is -0.346. The molecule has 0 aliphatic rings. The second-order valence-corrected chi connectivity index (χ2v) is 2.67. The van der Waals surface area contributed by atoms with Gasteiger partial charge in [-0.1, -0.05) is 0 Å². The smallest absolute Gasteiger partial charge is 0.338 e. The molecular formula is C8H7F3N2O2. The molecule has 4 nitrogen and oxygen atoms in total. The van der Waals surface area contributed by atoms with Crippen molar-refractivity contribution in [3.8, 4) is 0 Å². The molecule has 7 heteroatoms. The lowest BCUT2D eigenvalue weighted by atomic mass is 10.1. The van der Waals surface area contributed by atoms with Crippen LogP contribution in [-0.2, 0) is 6.54 Å². The first-order valence-electron chi connectivity index (χ1n) is 3.88. The van der Waals surface area contributed by atoms with Gasteiger partial charge in [-0.3, -0.25) is 0 Å². The summed E-state index contributed by atoms with van der Waals surface area (Å²) in [5.74, 6) is -2.77. The fourth-order valence-corrected chi connectivity index (χ4v) is 1.15. The molecule has 1 rings (SSSR count). The van der Waals surface area contributed by atoms with Crippen LogP contribution >= 0.6 is 0 Å². The quantitative estimate of drug-likeness (QED) is 0.753. The van der Waals surface area contributed by atoms with Crippen molar-refractivity contribution >= 4 is 5.97 Å². The summed E-state index contributed by atoms with van der Waals surface area (Å²) in [4.78, 5) is 13.5. The molecule has 15 heavy (non-hydrogen) atoms. The molecule has 0 saturated heterocycles. The molecule has 0 unspecified atom stereocenters. The Kier molecular flexibility index (Phi) is 3.25. The Morgan fingerprint density at radius 3 is 2.60 bits per heavy atom. The Balaban J connectivity index is 3.47. The van der Waals surface area contributed by atoms with Crippen LogP contribution in [0.1, 0.15) is 28.0 Å². The lowest BCUT2D eigenvalue weighted by molar-refractivity contribution is 0.0680. The first kappa shape index (κ1) is 11.4. The lowest BCUT2D eigenvalue weighted by Gasteiger charge is -2.08. The highest BCUT2D eigenvalue weighted by Gasteiger charge is 2.24. The fraction of sp³-hybridized carbons (Fsp3) is 0.250. The number of nitrogens with two attached hydrogens (primary N) is 1. The second kappa shape index (κ2) is 4.26. The van der Waals surface area contributed by atoms with Gasteiger partial charge in [0.15, 0.2) is 0 Å². The number of hydrogen-bond donors (Lipinski definition) is 2. The zero-order chi connectivity index (χ0) is 11.6. The number of carbonyl (C=O) groups is 1. The van der Waals surface area contributed by atoms with Crippen molar-refractivity contribution in [2.24, 2.45) is 5.73 Å². The molecule has 3 N–H and O–H groups in total. The molecule has 0 spiro atoms. The summed E-state index contributed by atoms with van der Waals surface area (Å²) < 4.78 is 37.4. The van der Waals surface area contributed by atoms with Gasteiger partial charge in [0, 0.05) is 6.54 Å². The predicted octanol–water partition coefficient (Wildman–Crippen LogP) is 1.32. The minimum Gasteiger partial charge on any atom is -0.478 e. The molecule has 1 aromatic rings. The lowest BCUT2D eigenvalue weighted by Crippen LogP contribution is -2.13. The van der Waals surface area contributed by atoms with Crippen molar-refractivity contribution in [3.05, 3.63) is 28.8 Å². The van der Waals surface area contributed by atoms with Crippen LogP contribution in [0.4, 0.5) is 13.2 Å². The first-order chi connectivity index (χ1) is 6.97. The number of halogens is 3. The van der Waals surface area contributed by atoms with Crippen molar-refractivity contribution < 1.29 is 23.1 Å². The molecule has 0 amide bonds. The van der Waals surface area contributed by atoms with E-state index in [1.807, 2.05) is 0 Å². The van der Waals surface area contributed by atoms with Crippen LogP contribution in [0.5, 0.6) is 0 Å². The number of alkyl halides is 2. The van der Waals surface area contributed by atoms with Gasteiger partial charge in [0.05, 0.1) is 5.56 Å². The number of pyridine rings is 1. The number of hydrogen-bond acceptors (Lipinski definition) is 3. The number of nitrogens with zero attached hydrogens (tertiary/aromatic N) is 1. The number of aromatic nitrogens is 1. The average molecular weight is 220 g/mol. The van der Waals surface area contributed by atoms with Gasteiger partial charge in [0.1, 0.15) is 5.69 Å². The molecule has 0 aliphatic carbocycles. The zero-order valence-corrected chi connectivity index (χ0v) is 7.38. The standard InChI is InChI=1S/C8H7F3N2O2/c9-4-1-3(2-12)5(8(14)15)6(13-4)7(10)11/h1,7H,2,12H2,(H,14,15). The Morgan fingerprint density at radius 2 is 2.20 bits per heavy atom. The minimum absolute atomic E-state index is 0.203. The van der Waals surface area contributed by atoms with Crippen molar-refractivity contribution in [1.29, 1.82) is 0 Å². The maximum atomic E-state index is 12.7. The van der Waals surface area contributed by atoms with Crippen LogP contribution < -0.4 is 5.73 Å². The second-order valence-electron chi connectivity index (χ2n) is 2.67. The van der Waals surface area contributed by atoms with Gasteiger partial charge in [0.25, 0.3) is 6.43 Å².